The highest BCUT2D eigenvalue weighted by atomic mass is 79.9. The van der Waals surface area contributed by atoms with E-state index >= 15 is 0 Å². The molecule has 0 fully saturated rings. The Hall–Kier alpha value is -0.0900. The predicted octanol–water partition coefficient (Wildman–Crippen LogP) is 5.94. The summed E-state index contributed by atoms with van der Waals surface area (Å²) >= 11 is 17.4. The summed E-state index contributed by atoms with van der Waals surface area (Å²) in [6.07, 6.45) is 0. The molecule has 0 aliphatic heterocycles. The second-order valence-corrected chi connectivity index (χ2v) is 6.57. The van der Waals surface area contributed by atoms with Crippen LogP contribution in [0.4, 0.5) is 4.39 Å². The third-order valence-corrected chi connectivity index (χ3v) is 5.49. The van der Waals surface area contributed by atoms with Gasteiger partial charge in [-0.05, 0) is 46.6 Å². The molecule has 0 saturated carbocycles. The van der Waals surface area contributed by atoms with Gasteiger partial charge in [-0.25, -0.2) is 4.39 Å². The molecule has 0 amide bonds. The number of thiophene rings is 1. The first-order valence-corrected chi connectivity index (χ1v) is 7.26. The van der Waals surface area contributed by atoms with Crippen molar-refractivity contribution in [2.45, 2.75) is 12.3 Å². The summed E-state index contributed by atoms with van der Waals surface area (Å²) in [4.78, 5) is 2.15. The average Bonchev–Trinajstić information content (AvgIpc) is 2.58. The minimum absolute atomic E-state index is 0.349. The van der Waals surface area contributed by atoms with Crippen molar-refractivity contribution in [1.29, 1.82) is 0 Å². The van der Waals surface area contributed by atoms with E-state index in [0.29, 0.717) is 5.02 Å². The van der Waals surface area contributed by atoms with Gasteiger partial charge in [0.25, 0.3) is 0 Å². The zero-order valence-corrected chi connectivity index (χ0v) is 12.7. The molecule has 90 valence electrons. The van der Waals surface area contributed by atoms with Gasteiger partial charge in [0.1, 0.15) is 5.82 Å². The minimum Gasteiger partial charge on any atom is -0.207 e. The summed E-state index contributed by atoms with van der Waals surface area (Å²) in [7, 11) is 0. The van der Waals surface area contributed by atoms with Gasteiger partial charge in [0.2, 0.25) is 0 Å². The Labute approximate surface area is 121 Å². The first-order chi connectivity index (χ1) is 7.99. The molecule has 1 atom stereocenters. The second kappa shape index (κ2) is 5.27. The van der Waals surface area contributed by atoms with E-state index in [0.717, 1.165) is 19.8 Å². The molecule has 2 rings (SSSR count). The van der Waals surface area contributed by atoms with Crippen LogP contribution in [0, 0.1) is 12.7 Å². The highest BCUT2D eigenvalue weighted by molar-refractivity contribution is 9.10. The van der Waals surface area contributed by atoms with Crippen LogP contribution in [0.25, 0.3) is 0 Å². The Kier molecular flexibility index (Phi) is 4.14. The molecule has 1 aromatic carbocycles. The van der Waals surface area contributed by atoms with E-state index < -0.39 is 0 Å². The first-order valence-electron chi connectivity index (χ1n) is 4.84. The van der Waals surface area contributed by atoms with Crippen molar-refractivity contribution < 1.29 is 4.39 Å². The first kappa shape index (κ1) is 13.3. The zero-order chi connectivity index (χ0) is 12.6. The van der Waals surface area contributed by atoms with Crippen LogP contribution in [0.2, 0.25) is 5.02 Å². The van der Waals surface area contributed by atoms with Crippen molar-refractivity contribution in [3.63, 3.8) is 0 Å². The summed E-state index contributed by atoms with van der Waals surface area (Å²) in [5.41, 5.74) is 0.725. The lowest BCUT2D eigenvalue weighted by Gasteiger charge is -2.09. The molecule has 0 aliphatic carbocycles. The fourth-order valence-corrected chi connectivity index (χ4v) is 3.74. The molecule has 2 aromatic rings. The highest BCUT2D eigenvalue weighted by Crippen LogP contribution is 2.39. The van der Waals surface area contributed by atoms with Gasteiger partial charge in [-0.15, -0.1) is 22.9 Å². The summed E-state index contributed by atoms with van der Waals surface area (Å²) in [5.74, 6) is -0.355. The third-order valence-electron chi connectivity index (χ3n) is 2.36. The number of aryl methyl sites for hydroxylation is 1. The van der Waals surface area contributed by atoms with Crippen LogP contribution in [0.5, 0.6) is 0 Å². The van der Waals surface area contributed by atoms with Gasteiger partial charge in [0.05, 0.1) is 5.38 Å². The van der Waals surface area contributed by atoms with Crippen LogP contribution in [-0.4, -0.2) is 0 Å². The van der Waals surface area contributed by atoms with Crippen molar-refractivity contribution in [3.8, 4) is 0 Å². The molecule has 0 spiro atoms. The van der Waals surface area contributed by atoms with Crippen LogP contribution in [0.1, 0.15) is 20.7 Å². The molecule has 0 radical (unpaired) electrons. The van der Waals surface area contributed by atoms with Crippen LogP contribution in [0.15, 0.2) is 28.7 Å². The number of rotatable bonds is 2. The quantitative estimate of drug-likeness (QED) is 0.586. The van der Waals surface area contributed by atoms with Crippen LogP contribution in [0.3, 0.4) is 0 Å². The van der Waals surface area contributed by atoms with Crippen molar-refractivity contribution >= 4 is 50.5 Å². The third kappa shape index (κ3) is 2.84. The van der Waals surface area contributed by atoms with Crippen molar-refractivity contribution in [2.24, 2.45) is 0 Å². The van der Waals surface area contributed by atoms with Gasteiger partial charge in [-0.3, -0.25) is 0 Å². The average molecular weight is 354 g/mol. The Morgan fingerprint density at radius 2 is 2.06 bits per heavy atom. The predicted molar refractivity (Wildman–Crippen MR) is 75.9 cm³/mol. The van der Waals surface area contributed by atoms with Crippen LogP contribution in [-0.2, 0) is 0 Å². The van der Waals surface area contributed by atoms with Gasteiger partial charge >= 0.3 is 0 Å². The highest BCUT2D eigenvalue weighted by Gasteiger charge is 2.17. The minimum atomic E-state index is -0.355. The molecular weight excluding hydrogens is 346 g/mol. The lowest BCUT2D eigenvalue weighted by Crippen LogP contribution is -1.92. The standard InChI is InChI=1S/C12H8BrCl2FS/c1-6-9(13)5-11(17-6)12(15)8-3-2-7(16)4-10(8)14/h2-5,12H,1H3. The second-order valence-electron chi connectivity index (χ2n) is 3.58. The van der Waals surface area contributed by atoms with Crippen LogP contribution >= 0.6 is 50.5 Å². The molecule has 0 aliphatic rings. The SMILES string of the molecule is Cc1sc(C(Cl)c2ccc(F)cc2Cl)cc1Br. The molecule has 1 unspecified atom stereocenters. The van der Waals surface area contributed by atoms with E-state index in [-0.39, 0.29) is 11.2 Å². The van der Waals surface area contributed by atoms with E-state index in [1.54, 1.807) is 17.4 Å². The van der Waals surface area contributed by atoms with Gasteiger partial charge < -0.3 is 0 Å². The lowest BCUT2D eigenvalue weighted by atomic mass is 10.1. The summed E-state index contributed by atoms with van der Waals surface area (Å²) in [5, 5.41) is 0.00488. The maximum absolute atomic E-state index is 12.9. The number of halogens is 4. The topological polar surface area (TPSA) is 0 Å². The molecular formula is C12H8BrCl2FS. The molecule has 17 heavy (non-hydrogen) atoms. The molecule has 1 heterocycles. The largest absolute Gasteiger partial charge is 0.207 e. The Morgan fingerprint density at radius 3 is 2.59 bits per heavy atom. The van der Waals surface area contributed by atoms with Crippen LogP contribution < -0.4 is 0 Å². The van der Waals surface area contributed by atoms with Gasteiger partial charge in [-0.1, -0.05) is 17.7 Å². The van der Waals surface area contributed by atoms with Crippen molar-refractivity contribution in [2.75, 3.05) is 0 Å². The fourth-order valence-electron chi connectivity index (χ4n) is 1.47. The smallest absolute Gasteiger partial charge is 0.124 e. The van der Waals surface area contributed by atoms with Gasteiger partial charge in [-0.2, -0.15) is 0 Å². The van der Waals surface area contributed by atoms with Crippen molar-refractivity contribution in [3.05, 3.63) is 54.9 Å². The van der Waals surface area contributed by atoms with Crippen molar-refractivity contribution in [1.82, 2.24) is 0 Å². The van der Waals surface area contributed by atoms with Gasteiger partial charge in [0.15, 0.2) is 0 Å². The summed E-state index contributed by atoms with van der Waals surface area (Å²) in [6, 6.07) is 6.24. The van der Waals surface area contributed by atoms with Gasteiger partial charge in [0, 0.05) is 19.2 Å². The number of hydrogen-bond donors (Lipinski definition) is 0. The summed E-state index contributed by atoms with van der Waals surface area (Å²) in [6.45, 7) is 2.01. The lowest BCUT2D eigenvalue weighted by molar-refractivity contribution is 0.627. The maximum Gasteiger partial charge on any atom is 0.124 e. The number of hydrogen-bond acceptors (Lipinski definition) is 1. The number of alkyl halides is 1. The summed E-state index contributed by atoms with van der Waals surface area (Å²) < 4.78 is 14.0. The van der Waals surface area contributed by atoms with E-state index in [9.17, 15) is 4.39 Å². The molecule has 0 bridgehead atoms. The van der Waals surface area contributed by atoms with E-state index in [2.05, 4.69) is 15.9 Å². The molecule has 0 nitrogen and oxygen atoms in total. The normalized spacial score (nSPS) is 12.8. The monoisotopic (exact) mass is 352 g/mol. The van der Waals surface area contributed by atoms with E-state index in [4.69, 9.17) is 23.2 Å². The Balaban J connectivity index is 2.39. The van der Waals surface area contributed by atoms with E-state index in [1.807, 2.05) is 13.0 Å². The molecule has 5 heteroatoms. The molecule has 0 saturated heterocycles. The Morgan fingerprint density at radius 1 is 1.35 bits per heavy atom. The zero-order valence-electron chi connectivity index (χ0n) is 8.81. The molecule has 0 N–H and O–H groups in total. The fraction of sp³-hybridized carbons (Fsp3) is 0.167. The number of benzene rings is 1. The molecule has 1 aromatic heterocycles. The Bertz CT molecular complexity index is 534. The van der Waals surface area contributed by atoms with E-state index in [1.165, 1.54) is 12.1 Å². The maximum atomic E-state index is 12.9.